The molecule has 0 aliphatic rings. The van der Waals surface area contributed by atoms with Gasteiger partial charge in [0.1, 0.15) is 5.69 Å². The number of amidine groups is 1. The van der Waals surface area contributed by atoms with E-state index in [0.29, 0.717) is 10.9 Å². The zero-order valence-corrected chi connectivity index (χ0v) is 15.7. The van der Waals surface area contributed by atoms with Gasteiger partial charge in [-0.05, 0) is 37.1 Å². The summed E-state index contributed by atoms with van der Waals surface area (Å²) >= 11 is 0. The first-order valence-electron chi connectivity index (χ1n) is 8.26. The number of nitrogens with two attached hydrogens (primary N) is 1. The maximum absolute atomic E-state index is 13.2. The Kier molecular flexibility index (Phi) is 5.06. The van der Waals surface area contributed by atoms with E-state index in [9.17, 15) is 13.2 Å². The number of carbonyl (C=O) groups is 1. The predicted octanol–water partition coefficient (Wildman–Crippen LogP) is 1.69. The van der Waals surface area contributed by atoms with E-state index in [-0.39, 0.29) is 34.8 Å². The monoisotopic (exact) mass is 402 g/mol. The number of pyridine rings is 1. The lowest BCUT2D eigenvalue weighted by Crippen LogP contribution is -2.19. The average molecular weight is 402 g/mol. The van der Waals surface area contributed by atoms with Crippen molar-refractivity contribution in [2.24, 2.45) is 10.9 Å². The maximum Gasteiger partial charge on any atom is 0.303 e. The highest BCUT2D eigenvalue weighted by Gasteiger charge is 2.24. The third-order valence-corrected chi connectivity index (χ3v) is 6.00. The number of oxime groups is 1. The molecule has 9 nitrogen and oxygen atoms in total. The molecule has 146 valence electrons. The Balaban J connectivity index is 2.27. The quantitative estimate of drug-likeness (QED) is 0.246. The highest BCUT2D eigenvalue weighted by Crippen LogP contribution is 2.27. The highest BCUT2D eigenvalue weighted by atomic mass is 32.2. The summed E-state index contributed by atoms with van der Waals surface area (Å²) in [6.07, 6.45) is 2.76. The van der Waals surface area contributed by atoms with Gasteiger partial charge < -0.3 is 16.0 Å². The SMILES string of the molecule is Cc1ccc(S(=O)(=O)n2ccc3c(CCC(=O)O)cnc(C(N)=NO)c32)cc1. The van der Waals surface area contributed by atoms with E-state index in [4.69, 9.17) is 16.0 Å². The van der Waals surface area contributed by atoms with Crippen molar-refractivity contribution in [3.8, 4) is 0 Å². The van der Waals surface area contributed by atoms with E-state index in [2.05, 4.69) is 10.1 Å². The molecule has 0 saturated heterocycles. The van der Waals surface area contributed by atoms with E-state index in [1.807, 2.05) is 6.92 Å². The molecule has 3 rings (SSSR count). The second-order valence-electron chi connectivity index (χ2n) is 6.20. The lowest BCUT2D eigenvalue weighted by molar-refractivity contribution is -0.136. The molecule has 0 radical (unpaired) electrons. The fraction of sp³-hybridized carbons (Fsp3) is 0.167. The van der Waals surface area contributed by atoms with Gasteiger partial charge in [0.2, 0.25) is 0 Å². The number of hydrogen-bond donors (Lipinski definition) is 3. The molecule has 3 aromatic rings. The van der Waals surface area contributed by atoms with Gasteiger partial charge in [0.15, 0.2) is 5.84 Å². The summed E-state index contributed by atoms with van der Waals surface area (Å²) in [4.78, 5) is 15.1. The molecule has 0 fully saturated rings. The lowest BCUT2D eigenvalue weighted by Gasteiger charge is -2.11. The van der Waals surface area contributed by atoms with Crippen LogP contribution in [-0.4, -0.2) is 39.5 Å². The molecule has 0 atom stereocenters. The molecule has 0 bridgehead atoms. The predicted molar refractivity (Wildman–Crippen MR) is 102 cm³/mol. The molecule has 0 aliphatic heterocycles. The molecule has 0 spiro atoms. The Morgan fingerprint density at radius 1 is 1.25 bits per heavy atom. The number of aryl methyl sites for hydroxylation is 2. The smallest absolute Gasteiger partial charge is 0.303 e. The van der Waals surface area contributed by atoms with Crippen molar-refractivity contribution in [1.82, 2.24) is 8.96 Å². The van der Waals surface area contributed by atoms with Crippen LogP contribution in [0.3, 0.4) is 0 Å². The van der Waals surface area contributed by atoms with E-state index >= 15 is 0 Å². The number of hydrogen-bond acceptors (Lipinski definition) is 6. The van der Waals surface area contributed by atoms with Crippen molar-refractivity contribution in [3.63, 3.8) is 0 Å². The van der Waals surface area contributed by atoms with Crippen LogP contribution < -0.4 is 5.73 Å². The fourth-order valence-corrected chi connectivity index (χ4v) is 4.23. The highest BCUT2D eigenvalue weighted by molar-refractivity contribution is 7.90. The third kappa shape index (κ3) is 3.41. The van der Waals surface area contributed by atoms with Gasteiger partial charge in [-0.3, -0.25) is 9.78 Å². The van der Waals surface area contributed by atoms with E-state index < -0.39 is 16.0 Å². The Labute approximate surface area is 160 Å². The van der Waals surface area contributed by atoms with Gasteiger partial charge in [0, 0.05) is 24.2 Å². The van der Waals surface area contributed by atoms with Crippen LogP contribution in [0.1, 0.15) is 23.2 Å². The second-order valence-corrected chi connectivity index (χ2v) is 8.02. The van der Waals surface area contributed by atoms with E-state index in [0.717, 1.165) is 9.54 Å². The number of fused-ring (bicyclic) bond motifs is 1. The van der Waals surface area contributed by atoms with Crippen LogP contribution in [0.5, 0.6) is 0 Å². The molecule has 10 heteroatoms. The first-order chi connectivity index (χ1) is 13.3. The zero-order valence-electron chi connectivity index (χ0n) is 14.9. The van der Waals surface area contributed by atoms with Crippen LogP contribution in [-0.2, 0) is 21.2 Å². The van der Waals surface area contributed by atoms with Crippen molar-refractivity contribution >= 4 is 32.7 Å². The molecular weight excluding hydrogens is 384 g/mol. The fourth-order valence-electron chi connectivity index (χ4n) is 2.88. The first kappa shape index (κ1) is 19.4. The Morgan fingerprint density at radius 2 is 1.93 bits per heavy atom. The number of benzene rings is 1. The van der Waals surface area contributed by atoms with Crippen molar-refractivity contribution in [3.05, 3.63) is 59.5 Å². The summed E-state index contributed by atoms with van der Waals surface area (Å²) in [5.74, 6) is -1.34. The molecule has 2 heterocycles. The van der Waals surface area contributed by atoms with Crippen LogP contribution in [0.15, 0.2) is 52.8 Å². The lowest BCUT2D eigenvalue weighted by atomic mass is 10.1. The van der Waals surface area contributed by atoms with Crippen molar-refractivity contribution in [1.29, 1.82) is 0 Å². The van der Waals surface area contributed by atoms with Gasteiger partial charge >= 0.3 is 5.97 Å². The zero-order chi connectivity index (χ0) is 20.5. The summed E-state index contributed by atoms with van der Waals surface area (Å²) in [6.45, 7) is 1.84. The van der Waals surface area contributed by atoms with Crippen LogP contribution in [0.2, 0.25) is 0 Å². The largest absolute Gasteiger partial charge is 0.481 e. The van der Waals surface area contributed by atoms with Crippen LogP contribution in [0.4, 0.5) is 0 Å². The number of carboxylic acids is 1. The molecular formula is C18H18N4O5S. The molecule has 1 aromatic carbocycles. The molecule has 0 unspecified atom stereocenters. The summed E-state index contributed by atoms with van der Waals surface area (Å²) in [7, 11) is -3.98. The summed E-state index contributed by atoms with van der Waals surface area (Å²) < 4.78 is 27.3. The Bertz CT molecular complexity index is 1180. The van der Waals surface area contributed by atoms with Gasteiger partial charge in [-0.25, -0.2) is 12.4 Å². The minimum absolute atomic E-state index is 0.0164. The van der Waals surface area contributed by atoms with E-state index in [1.54, 1.807) is 18.2 Å². The van der Waals surface area contributed by atoms with Crippen molar-refractivity contribution in [2.75, 3.05) is 0 Å². The first-order valence-corrected chi connectivity index (χ1v) is 9.70. The maximum atomic E-state index is 13.2. The molecule has 2 aromatic heterocycles. The standard InChI is InChI=1S/C18H18N4O5S/c1-11-2-5-13(6-3-11)28(26,27)22-9-8-14-12(4-7-15(23)24)10-20-16(17(14)22)18(19)21-25/h2-3,5-6,8-10,25H,4,7H2,1H3,(H2,19,21)(H,23,24). The average Bonchev–Trinajstić information content (AvgIpc) is 3.12. The second kappa shape index (κ2) is 7.31. The molecule has 4 N–H and O–H groups in total. The van der Waals surface area contributed by atoms with Gasteiger partial charge in [-0.1, -0.05) is 22.9 Å². The molecule has 0 saturated carbocycles. The molecule has 28 heavy (non-hydrogen) atoms. The van der Waals surface area contributed by atoms with Gasteiger partial charge in [0.05, 0.1) is 10.4 Å². The molecule has 0 aliphatic carbocycles. The normalized spacial score (nSPS) is 12.4. The van der Waals surface area contributed by atoms with Crippen molar-refractivity contribution < 1.29 is 23.5 Å². The summed E-state index contributed by atoms with van der Waals surface area (Å²) in [5, 5.41) is 21.4. The summed E-state index contributed by atoms with van der Waals surface area (Å²) in [5.41, 5.74) is 7.26. The van der Waals surface area contributed by atoms with Gasteiger partial charge in [0.25, 0.3) is 10.0 Å². The number of carboxylic acid groups (broad SMARTS) is 1. The molecule has 0 amide bonds. The van der Waals surface area contributed by atoms with Crippen molar-refractivity contribution in [2.45, 2.75) is 24.7 Å². The van der Waals surface area contributed by atoms with Crippen LogP contribution in [0.25, 0.3) is 10.9 Å². The third-order valence-electron chi connectivity index (χ3n) is 4.31. The Hall–Kier alpha value is -3.40. The van der Waals surface area contributed by atoms with Crippen LogP contribution in [0, 0.1) is 6.92 Å². The van der Waals surface area contributed by atoms with E-state index in [1.165, 1.54) is 24.5 Å². The Morgan fingerprint density at radius 3 is 2.54 bits per heavy atom. The minimum Gasteiger partial charge on any atom is -0.481 e. The minimum atomic E-state index is -3.98. The number of aromatic nitrogens is 2. The van der Waals surface area contributed by atoms with Gasteiger partial charge in [-0.15, -0.1) is 0 Å². The van der Waals surface area contributed by atoms with Crippen LogP contribution >= 0.6 is 0 Å². The number of aliphatic carboxylic acids is 1. The summed E-state index contributed by atoms with van der Waals surface area (Å²) in [6, 6.07) is 7.88. The number of nitrogens with zero attached hydrogens (tertiary/aromatic N) is 3. The van der Waals surface area contributed by atoms with Gasteiger partial charge in [-0.2, -0.15) is 0 Å². The topological polar surface area (TPSA) is 148 Å². The number of rotatable bonds is 6.